The van der Waals surface area contributed by atoms with E-state index in [1.807, 2.05) is 12.1 Å². The van der Waals surface area contributed by atoms with E-state index in [1.165, 1.54) is 30.6 Å². The van der Waals surface area contributed by atoms with Gasteiger partial charge in [0.05, 0.1) is 6.61 Å². The van der Waals surface area contributed by atoms with Gasteiger partial charge in [-0.1, -0.05) is 37.5 Å². The maximum atomic E-state index is 12.7. The molecule has 9 heteroatoms. The highest BCUT2D eigenvalue weighted by Gasteiger charge is 2.25. The average molecular weight is 418 g/mol. The molecular weight excluding hydrogens is 390 g/mol. The first-order valence-electron chi connectivity index (χ1n) is 10.0. The Morgan fingerprint density at radius 1 is 1.07 bits per heavy atom. The zero-order valence-electron chi connectivity index (χ0n) is 16.7. The van der Waals surface area contributed by atoms with E-state index in [4.69, 9.17) is 4.74 Å². The predicted molar refractivity (Wildman–Crippen MR) is 112 cm³/mol. The first-order valence-corrected chi connectivity index (χ1v) is 10.9. The van der Waals surface area contributed by atoms with Crippen LogP contribution >= 0.6 is 11.3 Å². The number of rotatable bonds is 8. The van der Waals surface area contributed by atoms with E-state index in [9.17, 15) is 9.59 Å². The number of nitrogens with zero attached hydrogens (tertiary/aromatic N) is 4. The van der Waals surface area contributed by atoms with Crippen molar-refractivity contribution < 1.29 is 14.3 Å². The van der Waals surface area contributed by atoms with Crippen LogP contribution in [0.25, 0.3) is 0 Å². The van der Waals surface area contributed by atoms with Gasteiger partial charge in [0.2, 0.25) is 5.13 Å². The highest BCUT2D eigenvalue weighted by Crippen LogP contribution is 2.16. The molecule has 0 spiro atoms. The maximum absolute atomic E-state index is 12.7. The van der Waals surface area contributed by atoms with Crippen LogP contribution in [0.15, 0.2) is 29.8 Å². The Labute approximate surface area is 174 Å². The standard InChI is InChI=1S/C20H27N5O3S/c1-2-3-4-5-14-28-17-8-6-16(7-9-17)18(26)24-10-12-25(13-11-24)20(27)22-19-23-21-15-29-19/h6-9,15H,2-5,10-14H2,1H3,(H,22,23,27). The Hall–Kier alpha value is -2.68. The van der Waals surface area contributed by atoms with Gasteiger partial charge < -0.3 is 14.5 Å². The molecular formula is C20H27N5O3S. The molecule has 2 aromatic rings. The number of anilines is 1. The normalized spacial score (nSPS) is 14.0. The van der Waals surface area contributed by atoms with Gasteiger partial charge in [-0.05, 0) is 30.7 Å². The number of ether oxygens (including phenoxy) is 1. The summed E-state index contributed by atoms with van der Waals surface area (Å²) in [7, 11) is 0. The minimum Gasteiger partial charge on any atom is -0.494 e. The summed E-state index contributed by atoms with van der Waals surface area (Å²) in [6.45, 7) is 4.85. The van der Waals surface area contributed by atoms with Gasteiger partial charge in [-0.2, -0.15) is 0 Å². The fourth-order valence-corrected chi connectivity index (χ4v) is 3.54. The number of nitrogens with one attached hydrogen (secondary N) is 1. The first kappa shape index (κ1) is 21.0. The number of amides is 3. The van der Waals surface area contributed by atoms with E-state index in [0.717, 1.165) is 12.2 Å². The summed E-state index contributed by atoms with van der Waals surface area (Å²) in [6, 6.07) is 7.09. The molecule has 8 nitrogen and oxygen atoms in total. The summed E-state index contributed by atoms with van der Waals surface area (Å²) < 4.78 is 5.73. The van der Waals surface area contributed by atoms with Crippen LogP contribution in [0.5, 0.6) is 5.75 Å². The van der Waals surface area contributed by atoms with Crippen molar-refractivity contribution in [3.05, 3.63) is 35.3 Å². The van der Waals surface area contributed by atoms with Crippen molar-refractivity contribution in [1.82, 2.24) is 20.0 Å². The zero-order chi connectivity index (χ0) is 20.5. The monoisotopic (exact) mass is 417 g/mol. The van der Waals surface area contributed by atoms with Gasteiger partial charge in [-0.15, -0.1) is 10.2 Å². The molecule has 1 N–H and O–H groups in total. The highest BCUT2D eigenvalue weighted by atomic mass is 32.1. The highest BCUT2D eigenvalue weighted by molar-refractivity contribution is 7.13. The van der Waals surface area contributed by atoms with E-state index in [-0.39, 0.29) is 11.9 Å². The molecule has 29 heavy (non-hydrogen) atoms. The van der Waals surface area contributed by atoms with E-state index >= 15 is 0 Å². The van der Waals surface area contributed by atoms with Crippen molar-refractivity contribution in [2.45, 2.75) is 32.6 Å². The molecule has 1 aromatic carbocycles. The molecule has 0 atom stereocenters. The molecule has 0 unspecified atom stereocenters. The van der Waals surface area contributed by atoms with E-state index in [2.05, 4.69) is 22.4 Å². The number of carbonyl (C=O) groups is 2. The third-order valence-electron chi connectivity index (χ3n) is 4.80. The Kier molecular flexibility index (Phi) is 7.80. The molecule has 0 radical (unpaired) electrons. The third kappa shape index (κ3) is 6.15. The predicted octanol–water partition coefficient (Wildman–Crippen LogP) is 3.49. The SMILES string of the molecule is CCCCCCOc1ccc(C(=O)N2CCN(C(=O)Nc3nncs3)CC2)cc1. The second-order valence-electron chi connectivity index (χ2n) is 6.89. The van der Waals surface area contributed by atoms with Crippen LogP contribution in [0.3, 0.4) is 0 Å². The number of hydrogen-bond acceptors (Lipinski definition) is 6. The summed E-state index contributed by atoms with van der Waals surface area (Å²) in [5.41, 5.74) is 2.20. The van der Waals surface area contributed by atoms with Gasteiger partial charge in [0.15, 0.2) is 0 Å². The van der Waals surface area contributed by atoms with Crippen molar-refractivity contribution >= 4 is 28.4 Å². The molecule has 3 rings (SSSR count). The molecule has 1 aliphatic heterocycles. The molecule has 0 saturated carbocycles. The van der Waals surface area contributed by atoms with Crippen LogP contribution < -0.4 is 10.1 Å². The van der Waals surface area contributed by atoms with Crippen LogP contribution in [0.1, 0.15) is 43.0 Å². The van der Waals surface area contributed by atoms with Crippen LogP contribution in [0.2, 0.25) is 0 Å². The lowest BCUT2D eigenvalue weighted by molar-refractivity contribution is 0.0671. The van der Waals surface area contributed by atoms with Gasteiger partial charge in [-0.3, -0.25) is 10.1 Å². The minimum absolute atomic E-state index is 0.0244. The second kappa shape index (κ2) is 10.8. The Morgan fingerprint density at radius 2 is 1.79 bits per heavy atom. The molecule has 1 aliphatic rings. The van der Waals surface area contributed by atoms with Gasteiger partial charge in [0.1, 0.15) is 11.3 Å². The van der Waals surface area contributed by atoms with E-state index in [1.54, 1.807) is 27.4 Å². The van der Waals surface area contributed by atoms with Crippen LogP contribution in [-0.2, 0) is 0 Å². The summed E-state index contributed by atoms with van der Waals surface area (Å²) in [5, 5.41) is 10.7. The fraction of sp³-hybridized carbons (Fsp3) is 0.500. The van der Waals surface area contributed by atoms with Crippen molar-refractivity contribution in [3.8, 4) is 5.75 Å². The van der Waals surface area contributed by atoms with Crippen molar-refractivity contribution in [1.29, 1.82) is 0 Å². The lowest BCUT2D eigenvalue weighted by Crippen LogP contribution is -2.51. The molecule has 1 aromatic heterocycles. The van der Waals surface area contributed by atoms with E-state index < -0.39 is 0 Å². The zero-order valence-corrected chi connectivity index (χ0v) is 17.5. The lowest BCUT2D eigenvalue weighted by Gasteiger charge is -2.34. The van der Waals surface area contributed by atoms with Gasteiger partial charge in [0, 0.05) is 31.7 Å². The third-order valence-corrected chi connectivity index (χ3v) is 5.40. The number of urea groups is 1. The number of piperazine rings is 1. The molecule has 1 saturated heterocycles. The minimum atomic E-state index is -0.214. The van der Waals surface area contributed by atoms with Gasteiger partial charge in [0.25, 0.3) is 5.91 Å². The summed E-state index contributed by atoms with van der Waals surface area (Å²) in [5.74, 6) is 0.764. The molecule has 0 bridgehead atoms. The van der Waals surface area contributed by atoms with E-state index in [0.29, 0.717) is 43.5 Å². The van der Waals surface area contributed by atoms with Gasteiger partial charge >= 0.3 is 6.03 Å². The molecule has 3 amide bonds. The van der Waals surface area contributed by atoms with Crippen molar-refractivity contribution in [3.63, 3.8) is 0 Å². The summed E-state index contributed by atoms with van der Waals surface area (Å²) in [6.07, 6.45) is 4.66. The number of unbranched alkanes of at least 4 members (excludes halogenated alkanes) is 3. The number of carbonyl (C=O) groups excluding carboxylic acids is 2. The molecule has 156 valence electrons. The first-order chi connectivity index (χ1) is 14.2. The smallest absolute Gasteiger partial charge is 0.323 e. The quantitative estimate of drug-likeness (QED) is 0.665. The molecule has 2 heterocycles. The topological polar surface area (TPSA) is 87.7 Å². The van der Waals surface area contributed by atoms with Crippen molar-refractivity contribution in [2.75, 3.05) is 38.1 Å². The fourth-order valence-electron chi connectivity index (χ4n) is 3.11. The van der Waals surface area contributed by atoms with Gasteiger partial charge in [-0.25, -0.2) is 4.79 Å². The Balaban J connectivity index is 1.43. The summed E-state index contributed by atoms with van der Waals surface area (Å²) in [4.78, 5) is 28.4. The maximum Gasteiger partial charge on any atom is 0.323 e. The number of aromatic nitrogens is 2. The van der Waals surface area contributed by atoms with Crippen LogP contribution in [0.4, 0.5) is 9.93 Å². The number of hydrogen-bond donors (Lipinski definition) is 1. The van der Waals surface area contributed by atoms with Crippen LogP contribution in [0, 0.1) is 0 Å². The largest absolute Gasteiger partial charge is 0.494 e. The van der Waals surface area contributed by atoms with Crippen molar-refractivity contribution in [2.24, 2.45) is 0 Å². The average Bonchev–Trinajstić information content (AvgIpc) is 3.27. The molecule has 1 fully saturated rings. The lowest BCUT2D eigenvalue weighted by atomic mass is 10.1. The summed E-state index contributed by atoms with van der Waals surface area (Å²) >= 11 is 1.27. The Bertz CT molecular complexity index is 774. The Morgan fingerprint density at radius 3 is 2.45 bits per heavy atom. The number of benzene rings is 1. The van der Waals surface area contributed by atoms with Crippen LogP contribution in [-0.4, -0.2) is 64.7 Å². The molecule has 0 aliphatic carbocycles. The second-order valence-corrected chi connectivity index (χ2v) is 7.72.